The van der Waals surface area contributed by atoms with Crippen LogP contribution in [0.4, 0.5) is 5.69 Å². The van der Waals surface area contributed by atoms with Crippen molar-refractivity contribution in [3.8, 4) is 0 Å². The number of thioether (sulfide) groups is 1. The number of rotatable bonds is 3. The molecule has 0 saturated heterocycles. The molecule has 0 saturated carbocycles. The topological polar surface area (TPSA) is 38.9 Å². The highest BCUT2D eigenvalue weighted by molar-refractivity contribution is 7.98. The normalized spacial score (nSPS) is 10.3. The Morgan fingerprint density at radius 2 is 2.29 bits per heavy atom. The Bertz CT molecular complexity index is 381. The van der Waals surface area contributed by atoms with Gasteiger partial charge in [-0.1, -0.05) is 0 Å². The van der Waals surface area contributed by atoms with Crippen LogP contribution >= 0.6 is 23.1 Å². The van der Waals surface area contributed by atoms with Crippen molar-refractivity contribution in [1.29, 1.82) is 0 Å². The van der Waals surface area contributed by atoms with Crippen LogP contribution in [0.1, 0.15) is 5.56 Å². The van der Waals surface area contributed by atoms with Crippen LogP contribution in [0.25, 0.3) is 0 Å². The minimum atomic E-state index is 0.713. The molecular formula is C10H10N2S2. The number of hydrogen-bond donors (Lipinski definition) is 1. The second-order valence-electron chi connectivity index (χ2n) is 2.85. The minimum absolute atomic E-state index is 0.713. The van der Waals surface area contributed by atoms with Crippen LogP contribution in [0.3, 0.4) is 0 Å². The van der Waals surface area contributed by atoms with Crippen molar-refractivity contribution >= 4 is 28.8 Å². The number of aromatic nitrogens is 1. The highest BCUT2D eigenvalue weighted by atomic mass is 32.2. The van der Waals surface area contributed by atoms with Crippen molar-refractivity contribution in [2.24, 2.45) is 0 Å². The monoisotopic (exact) mass is 222 g/mol. The zero-order valence-corrected chi connectivity index (χ0v) is 9.15. The second kappa shape index (κ2) is 4.48. The maximum atomic E-state index is 5.55. The van der Waals surface area contributed by atoms with Gasteiger partial charge < -0.3 is 5.73 Å². The van der Waals surface area contributed by atoms with E-state index >= 15 is 0 Å². The summed E-state index contributed by atoms with van der Waals surface area (Å²) in [6.45, 7) is 0. The highest BCUT2D eigenvalue weighted by Crippen LogP contribution is 2.22. The highest BCUT2D eigenvalue weighted by Gasteiger charge is 1.97. The quantitative estimate of drug-likeness (QED) is 0.811. The van der Waals surface area contributed by atoms with Gasteiger partial charge in [0, 0.05) is 5.75 Å². The van der Waals surface area contributed by atoms with E-state index in [4.69, 9.17) is 5.73 Å². The van der Waals surface area contributed by atoms with Crippen molar-refractivity contribution in [3.63, 3.8) is 0 Å². The lowest BCUT2D eigenvalue weighted by Crippen LogP contribution is -1.86. The van der Waals surface area contributed by atoms with E-state index in [-0.39, 0.29) is 0 Å². The molecule has 0 radical (unpaired) electrons. The summed E-state index contributed by atoms with van der Waals surface area (Å²) >= 11 is 3.45. The average Bonchev–Trinajstić information content (AvgIpc) is 2.70. The summed E-state index contributed by atoms with van der Waals surface area (Å²) in [5.74, 6) is 0.973. The lowest BCUT2D eigenvalue weighted by atomic mass is 10.4. The molecule has 0 aliphatic heterocycles. The summed E-state index contributed by atoms with van der Waals surface area (Å²) in [5, 5.41) is 5.27. The van der Waals surface area contributed by atoms with Gasteiger partial charge in [-0.15, -0.1) is 11.8 Å². The first kappa shape index (κ1) is 9.55. The zero-order chi connectivity index (χ0) is 9.80. The van der Waals surface area contributed by atoms with Gasteiger partial charge in [-0.2, -0.15) is 11.3 Å². The van der Waals surface area contributed by atoms with E-state index in [1.54, 1.807) is 29.3 Å². The Morgan fingerprint density at radius 1 is 1.36 bits per heavy atom. The summed E-state index contributed by atoms with van der Waals surface area (Å²) in [4.78, 5) is 4.22. The summed E-state index contributed by atoms with van der Waals surface area (Å²) in [5.41, 5.74) is 7.61. The van der Waals surface area contributed by atoms with Gasteiger partial charge in [-0.05, 0) is 34.5 Å². The maximum absolute atomic E-state index is 5.55. The zero-order valence-electron chi connectivity index (χ0n) is 7.51. The molecular weight excluding hydrogens is 212 g/mol. The summed E-state index contributed by atoms with van der Waals surface area (Å²) < 4.78 is 0. The molecule has 2 aromatic heterocycles. The maximum Gasteiger partial charge on any atom is 0.0964 e. The van der Waals surface area contributed by atoms with E-state index in [2.05, 4.69) is 21.8 Å². The van der Waals surface area contributed by atoms with Gasteiger partial charge in [-0.3, -0.25) is 0 Å². The van der Waals surface area contributed by atoms with Crippen LogP contribution in [0.2, 0.25) is 0 Å². The molecule has 0 fully saturated rings. The lowest BCUT2D eigenvalue weighted by Gasteiger charge is -1.98. The second-order valence-corrected chi connectivity index (χ2v) is 4.63. The molecule has 2 rings (SSSR count). The van der Waals surface area contributed by atoms with Gasteiger partial charge in [0.15, 0.2) is 0 Å². The number of nitrogens with two attached hydrogens (primary N) is 1. The van der Waals surface area contributed by atoms with E-state index in [1.807, 2.05) is 12.1 Å². The van der Waals surface area contributed by atoms with E-state index < -0.39 is 0 Å². The summed E-state index contributed by atoms with van der Waals surface area (Å²) in [6, 6.07) is 5.96. The molecule has 0 aliphatic carbocycles. The van der Waals surface area contributed by atoms with Crippen molar-refractivity contribution in [2.45, 2.75) is 10.8 Å². The van der Waals surface area contributed by atoms with Crippen LogP contribution < -0.4 is 5.73 Å². The molecule has 0 amide bonds. The standard InChI is InChI=1S/C10H10N2S2/c11-9-1-2-10(12-5-9)14-7-8-3-4-13-6-8/h1-6H,7,11H2. The molecule has 4 heteroatoms. The first-order chi connectivity index (χ1) is 6.84. The third-order valence-corrected chi connectivity index (χ3v) is 3.47. The summed E-state index contributed by atoms with van der Waals surface area (Å²) in [7, 11) is 0. The van der Waals surface area contributed by atoms with Gasteiger partial charge in [-0.25, -0.2) is 4.98 Å². The average molecular weight is 222 g/mol. The fraction of sp³-hybridized carbons (Fsp3) is 0.100. The Kier molecular flexibility index (Phi) is 3.06. The number of pyridine rings is 1. The Morgan fingerprint density at radius 3 is 2.93 bits per heavy atom. The van der Waals surface area contributed by atoms with Crippen LogP contribution in [0, 0.1) is 0 Å². The molecule has 0 bridgehead atoms. The number of thiophene rings is 1. The van der Waals surface area contributed by atoms with Gasteiger partial charge >= 0.3 is 0 Å². The molecule has 14 heavy (non-hydrogen) atoms. The number of hydrogen-bond acceptors (Lipinski definition) is 4. The summed E-state index contributed by atoms with van der Waals surface area (Å²) in [6.07, 6.45) is 1.69. The molecule has 0 aliphatic rings. The molecule has 2 nitrogen and oxygen atoms in total. The molecule has 2 N–H and O–H groups in total. The number of nitrogens with zero attached hydrogens (tertiary/aromatic N) is 1. The molecule has 72 valence electrons. The third kappa shape index (κ3) is 2.49. The van der Waals surface area contributed by atoms with E-state index in [9.17, 15) is 0 Å². The minimum Gasteiger partial charge on any atom is -0.397 e. The van der Waals surface area contributed by atoms with Crippen LogP contribution in [0.15, 0.2) is 40.2 Å². The lowest BCUT2D eigenvalue weighted by molar-refractivity contribution is 1.14. The van der Waals surface area contributed by atoms with Crippen molar-refractivity contribution in [2.75, 3.05) is 5.73 Å². The first-order valence-electron chi connectivity index (χ1n) is 4.20. The molecule has 0 spiro atoms. The van der Waals surface area contributed by atoms with E-state index in [0.29, 0.717) is 5.69 Å². The Labute approximate surface area is 91.2 Å². The predicted molar refractivity (Wildman–Crippen MR) is 62.5 cm³/mol. The molecule has 0 unspecified atom stereocenters. The molecule has 2 aromatic rings. The SMILES string of the molecule is Nc1ccc(SCc2ccsc2)nc1. The van der Waals surface area contributed by atoms with E-state index in [1.165, 1.54) is 5.56 Å². The largest absolute Gasteiger partial charge is 0.397 e. The molecule has 0 atom stereocenters. The first-order valence-corrected chi connectivity index (χ1v) is 6.13. The van der Waals surface area contributed by atoms with E-state index in [0.717, 1.165) is 10.8 Å². The Balaban J connectivity index is 1.95. The fourth-order valence-corrected chi connectivity index (χ4v) is 2.57. The van der Waals surface area contributed by atoms with Gasteiger partial charge in [0.05, 0.1) is 16.9 Å². The van der Waals surface area contributed by atoms with Crippen LogP contribution in [-0.2, 0) is 5.75 Å². The van der Waals surface area contributed by atoms with Crippen molar-refractivity contribution in [3.05, 3.63) is 40.7 Å². The van der Waals surface area contributed by atoms with Gasteiger partial charge in [0.25, 0.3) is 0 Å². The van der Waals surface area contributed by atoms with Gasteiger partial charge in [0.2, 0.25) is 0 Å². The number of anilines is 1. The smallest absolute Gasteiger partial charge is 0.0964 e. The third-order valence-electron chi connectivity index (χ3n) is 1.73. The Hall–Kier alpha value is -1.00. The molecule has 0 aromatic carbocycles. The van der Waals surface area contributed by atoms with Crippen molar-refractivity contribution in [1.82, 2.24) is 4.98 Å². The van der Waals surface area contributed by atoms with Crippen LogP contribution in [0.5, 0.6) is 0 Å². The van der Waals surface area contributed by atoms with Gasteiger partial charge in [0.1, 0.15) is 0 Å². The van der Waals surface area contributed by atoms with Crippen molar-refractivity contribution < 1.29 is 0 Å². The van der Waals surface area contributed by atoms with Crippen LogP contribution in [-0.4, -0.2) is 4.98 Å². The fourth-order valence-electron chi connectivity index (χ4n) is 1.01. The molecule has 2 heterocycles. The predicted octanol–water partition coefficient (Wildman–Crippen LogP) is 3.02. The number of nitrogen functional groups attached to an aromatic ring is 1.